The van der Waals surface area contributed by atoms with Crippen molar-refractivity contribution >= 4 is 17.0 Å². The highest BCUT2D eigenvalue weighted by atomic mass is 16.5. The lowest BCUT2D eigenvalue weighted by Crippen LogP contribution is -2.03. The molecule has 8 heteroatoms. The number of carbonyl (C=O) groups is 1. The van der Waals surface area contributed by atoms with Crippen LogP contribution in [0, 0.1) is 6.92 Å². The zero-order chi connectivity index (χ0) is 13.4. The Labute approximate surface area is 106 Å². The van der Waals surface area contributed by atoms with Crippen molar-refractivity contribution in [3.63, 3.8) is 0 Å². The lowest BCUT2D eigenvalue weighted by molar-refractivity contribution is 0.0697. The van der Waals surface area contributed by atoms with E-state index in [4.69, 9.17) is 9.63 Å². The predicted molar refractivity (Wildman–Crippen MR) is 62.6 cm³/mol. The quantitative estimate of drug-likeness (QED) is 0.743. The molecular weight excluding hydrogens is 250 g/mol. The van der Waals surface area contributed by atoms with Crippen LogP contribution in [0.5, 0.6) is 0 Å². The number of carboxylic acids is 1. The summed E-state index contributed by atoms with van der Waals surface area (Å²) < 4.78 is 6.52. The summed E-state index contributed by atoms with van der Waals surface area (Å²) in [5.74, 6) is -0.0704. The highest BCUT2D eigenvalue weighted by Crippen LogP contribution is 2.14. The Hall–Kier alpha value is -2.77. The molecule has 19 heavy (non-hydrogen) atoms. The summed E-state index contributed by atoms with van der Waals surface area (Å²) in [6, 6.07) is 4.61. The molecule has 0 aliphatic heterocycles. The molecular formula is C11H9N5O3. The van der Waals surface area contributed by atoms with Crippen molar-refractivity contribution < 1.29 is 14.4 Å². The molecule has 0 fully saturated rings. The van der Waals surface area contributed by atoms with Gasteiger partial charge >= 0.3 is 5.97 Å². The third-order valence-electron chi connectivity index (χ3n) is 2.62. The largest absolute Gasteiger partial charge is 0.478 e. The van der Waals surface area contributed by atoms with Crippen molar-refractivity contribution in [1.29, 1.82) is 0 Å². The lowest BCUT2D eigenvalue weighted by atomic mass is 10.2. The second-order valence-electron chi connectivity index (χ2n) is 3.99. The summed E-state index contributed by atoms with van der Waals surface area (Å²) in [7, 11) is 0. The Morgan fingerprint density at radius 2 is 2.32 bits per heavy atom. The molecule has 0 bridgehead atoms. The molecule has 2 heterocycles. The Morgan fingerprint density at radius 1 is 1.47 bits per heavy atom. The zero-order valence-corrected chi connectivity index (χ0v) is 9.94. The maximum Gasteiger partial charge on any atom is 0.335 e. The molecule has 0 aliphatic rings. The van der Waals surface area contributed by atoms with E-state index in [1.165, 1.54) is 16.8 Å². The molecule has 0 aliphatic carbocycles. The number of hydrogen-bond acceptors (Lipinski definition) is 6. The van der Waals surface area contributed by atoms with Gasteiger partial charge in [-0.2, -0.15) is 4.98 Å². The zero-order valence-electron chi connectivity index (χ0n) is 9.94. The highest BCUT2D eigenvalue weighted by Gasteiger charge is 2.11. The SMILES string of the molecule is Cc1noc(Cn2nnc3ccc(C(=O)O)cc32)n1. The first-order valence-electron chi connectivity index (χ1n) is 5.49. The minimum atomic E-state index is -0.997. The van der Waals surface area contributed by atoms with E-state index in [0.717, 1.165) is 0 Å². The van der Waals surface area contributed by atoms with Crippen LogP contribution in [0.15, 0.2) is 22.7 Å². The third kappa shape index (κ3) is 2.03. The van der Waals surface area contributed by atoms with Crippen LogP contribution in [0.25, 0.3) is 11.0 Å². The molecule has 0 saturated carbocycles. The number of aromatic carboxylic acids is 1. The molecule has 0 radical (unpaired) electrons. The van der Waals surface area contributed by atoms with Crippen LogP contribution in [0.3, 0.4) is 0 Å². The molecule has 0 spiro atoms. The lowest BCUT2D eigenvalue weighted by Gasteiger charge is -1.98. The monoisotopic (exact) mass is 259 g/mol. The molecule has 0 amide bonds. The average Bonchev–Trinajstić information content (AvgIpc) is 2.96. The summed E-state index contributed by atoms with van der Waals surface area (Å²) in [6.07, 6.45) is 0. The minimum absolute atomic E-state index is 0.178. The standard InChI is InChI=1S/C11H9N5O3/c1-6-12-10(19-14-6)5-16-9-4-7(11(17)18)2-3-8(9)13-15-16/h2-4H,5H2,1H3,(H,17,18). The van der Waals surface area contributed by atoms with Gasteiger partial charge in [0, 0.05) is 0 Å². The van der Waals surface area contributed by atoms with E-state index in [-0.39, 0.29) is 12.1 Å². The van der Waals surface area contributed by atoms with Crippen LogP contribution in [0.1, 0.15) is 22.1 Å². The molecule has 2 aromatic heterocycles. The van der Waals surface area contributed by atoms with Crippen molar-refractivity contribution in [2.75, 3.05) is 0 Å². The van der Waals surface area contributed by atoms with Gasteiger partial charge in [0.05, 0.1) is 11.1 Å². The van der Waals surface area contributed by atoms with Crippen molar-refractivity contribution in [2.45, 2.75) is 13.5 Å². The number of fused-ring (bicyclic) bond motifs is 1. The highest BCUT2D eigenvalue weighted by molar-refractivity contribution is 5.92. The van der Waals surface area contributed by atoms with Gasteiger partial charge in [-0.15, -0.1) is 5.10 Å². The average molecular weight is 259 g/mol. The van der Waals surface area contributed by atoms with E-state index in [2.05, 4.69) is 20.5 Å². The Balaban J connectivity index is 2.03. The second kappa shape index (κ2) is 4.16. The van der Waals surface area contributed by atoms with E-state index in [0.29, 0.717) is 22.7 Å². The predicted octanol–water partition coefficient (Wildman–Crippen LogP) is 0.869. The molecule has 3 aromatic rings. The van der Waals surface area contributed by atoms with Gasteiger partial charge in [-0.05, 0) is 25.1 Å². The minimum Gasteiger partial charge on any atom is -0.478 e. The molecule has 1 N–H and O–H groups in total. The number of aromatic nitrogens is 5. The molecule has 1 aromatic carbocycles. The van der Waals surface area contributed by atoms with Crippen molar-refractivity contribution in [3.8, 4) is 0 Å². The molecule has 8 nitrogen and oxygen atoms in total. The smallest absolute Gasteiger partial charge is 0.335 e. The van der Waals surface area contributed by atoms with Gasteiger partial charge in [0.25, 0.3) is 0 Å². The Bertz CT molecular complexity index is 761. The topological polar surface area (TPSA) is 107 Å². The number of aryl methyl sites for hydroxylation is 1. The van der Waals surface area contributed by atoms with Gasteiger partial charge in [-0.3, -0.25) is 0 Å². The first kappa shape index (κ1) is 11.3. The fourth-order valence-corrected chi connectivity index (χ4v) is 1.75. The van der Waals surface area contributed by atoms with Crippen molar-refractivity contribution in [1.82, 2.24) is 25.1 Å². The van der Waals surface area contributed by atoms with E-state index in [9.17, 15) is 4.79 Å². The fraction of sp³-hybridized carbons (Fsp3) is 0.182. The maximum atomic E-state index is 10.9. The number of rotatable bonds is 3. The second-order valence-corrected chi connectivity index (χ2v) is 3.99. The third-order valence-corrected chi connectivity index (χ3v) is 2.62. The number of benzene rings is 1. The fourth-order valence-electron chi connectivity index (χ4n) is 1.75. The molecule has 96 valence electrons. The van der Waals surface area contributed by atoms with Gasteiger partial charge in [-0.25, -0.2) is 9.48 Å². The van der Waals surface area contributed by atoms with Crippen LogP contribution in [-0.4, -0.2) is 36.2 Å². The van der Waals surface area contributed by atoms with E-state index < -0.39 is 5.97 Å². The molecule has 0 atom stereocenters. The van der Waals surface area contributed by atoms with Gasteiger partial charge in [-0.1, -0.05) is 10.4 Å². The van der Waals surface area contributed by atoms with Gasteiger partial charge in [0.15, 0.2) is 5.82 Å². The van der Waals surface area contributed by atoms with Gasteiger partial charge < -0.3 is 9.63 Å². The van der Waals surface area contributed by atoms with Crippen molar-refractivity contribution in [3.05, 3.63) is 35.5 Å². The van der Waals surface area contributed by atoms with E-state index in [1.54, 1.807) is 13.0 Å². The Kier molecular flexibility index (Phi) is 2.48. The first-order chi connectivity index (χ1) is 9.13. The van der Waals surface area contributed by atoms with Crippen LogP contribution in [-0.2, 0) is 6.54 Å². The van der Waals surface area contributed by atoms with Crippen molar-refractivity contribution in [2.24, 2.45) is 0 Å². The molecule has 0 unspecified atom stereocenters. The summed E-state index contributed by atoms with van der Waals surface area (Å²) in [5, 5.41) is 20.6. The van der Waals surface area contributed by atoms with Gasteiger partial charge in [0.1, 0.15) is 12.1 Å². The normalized spacial score (nSPS) is 11.0. The van der Waals surface area contributed by atoms with Crippen LogP contribution in [0.4, 0.5) is 0 Å². The summed E-state index contributed by atoms with van der Waals surface area (Å²) in [4.78, 5) is 15.0. The first-order valence-corrected chi connectivity index (χ1v) is 5.49. The van der Waals surface area contributed by atoms with E-state index in [1.807, 2.05) is 0 Å². The summed E-state index contributed by atoms with van der Waals surface area (Å²) >= 11 is 0. The van der Waals surface area contributed by atoms with Crippen LogP contribution >= 0.6 is 0 Å². The summed E-state index contributed by atoms with van der Waals surface area (Å²) in [6.45, 7) is 1.97. The summed E-state index contributed by atoms with van der Waals surface area (Å²) in [5.41, 5.74) is 1.40. The van der Waals surface area contributed by atoms with Crippen LogP contribution in [0.2, 0.25) is 0 Å². The van der Waals surface area contributed by atoms with Gasteiger partial charge in [0.2, 0.25) is 5.89 Å². The number of hydrogen-bond donors (Lipinski definition) is 1. The molecule has 3 rings (SSSR count). The number of nitrogens with zero attached hydrogens (tertiary/aromatic N) is 5. The van der Waals surface area contributed by atoms with E-state index >= 15 is 0 Å². The maximum absolute atomic E-state index is 10.9. The Morgan fingerprint density at radius 3 is 3.00 bits per heavy atom. The number of carboxylic acid groups (broad SMARTS) is 1. The molecule has 0 saturated heterocycles. The van der Waals surface area contributed by atoms with Crippen LogP contribution < -0.4 is 0 Å².